The van der Waals surface area contributed by atoms with Crippen LogP contribution in [0.5, 0.6) is 5.75 Å². The lowest BCUT2D eigenvalue weighted by Gasteiger charge is -2.06. The highest BCUT2D eigenvalue weighted by Gasteiger charge is 2.15. The zero-order valence-corrected chi connectivity index (χ0v) is 15.7. The first-order valence-electron chi connectivity index (χ1n) is 9.43. The first-order chi connectivity index (χ1) is 14.0. The van der Waals surface area contributed by atoms with Gasteiger partial charge in [0, 0.05) is 23.0 Å². The number of benzene rings is 3. The number of nitrogens with one attached hydrogen (secondary N) is 1. The minimum Gasteiger partial charge on any atom is -0.508 e. The number of phenols is 1. The number of aromatic hydroxyl groups is 1. The average molecular weight is 389 g/mol. The molecule has 1 heterocycles. The lowest BCUT2D eigenvalue weighted by Crippen LogP contribution is -1.96. The Labute approximate surface area is 167 Å². The third kappa shape index (κ3) is 3.99. The predicted molar refractivity (Wildman–Crippen MR) is 111 cm³/mol. The van der Waals surface area contributed by atoms with Gasteiger partial charge in [-0.15, -0.1) is 0 Å². The predicted octanol–water partition coefficient (Wildman–Crippen LogP) is 5.75. The molecule has 4 rings (SSSR count). The molecule has 0 aliphatic carbocycles. The van der Waals surface area contributed by atoms with Crippen molar-refractivity contribution >= 4 is 16.9 Å². The molecule has 0 atom stereocenters. The highest BCUT2D eigenvalue weighted by Crippen LogP contribution is 2.34. The molecule has 4 aromatic rings. The van der Waals surface area contributed by atoms with Gasteiger partial charge in [0.15, 0.2) is 0 Å². The summed E-state index contributed by atoms with van der Waals surface area (Å²) in [5.41, 5.74) is 5.69. The summed E-state index contributed by atoms with van der Waals surface area (Å²) in [6, 6.07) is 19.4. The Morgan fingerprint density at radius 1 is 0.897 bits per heavy atom. The van der Waals surface area contributed by atoms with Crippen molar-refractivity contribution in [2.24, 2.45) is 0 Å². The number of carboxylic acids is 1. The number of rotatable bonds is 6. The molecule has 4 nitrogen and oxygen atoms in total. The van der Waals surface area contributed by atoms with E-state index in [1.165, 1.54) is 12.1 Å². The van der Waals surface area contributed by atoms with E-state index in [9.17, 15) is 14.3 Å². The molecular weight excluding hydrogens is 369 g/mol. The number of aliphatic carboxylic acids is 1. The maximum absolute atomic E-state index is 13.4. The minimum atomic E-state index is -0.821. The van der Waals surface area contributed by atoms with Crippen LogP contribution in [0.3, 0.4) is 0 Å². The number of carbonyl (C=O) groups is 1. The van der Waals surface area contributed by atoms with Crippen molar-refractivity contribution in [3.63, 3.8) is 0 Å². The summed E-state index contributed by atoms with van der Waals surface area (Å²) in [7, 11) is 0. The zero-order chi connectivity index (χ0) is 20.4. The molecule has 0 aliphatic rings. The second kappa shape index (κ2) is 7.80. The molecule has 3 aromatic carbocycles. The normalized spacial score (nSPS) is 11.1. The minimum absolute atomic E-state index is 0.0905. The summed E-state index contributed by atoms with van der Waals surface area (Å²) in [4.78, 5) is 14.4. The fraction of sp³-hybridized carbons (Fsp3) is 0.125. The summed E-state index contributed by atoms with van der Waals surface area (Å²) in [5.74, 6) is -0.908. The Kier molecular flexibility index (Phi) is 5.04. The van der Waals surface area contributed by atoms with Crippen molar-refractivity contribution < 1.29 is 19.4 Å². The summed E-state index contributed by atoms with van der Waals surface area (Å²) in [5, 5.41) is 19.6. The van der Waals surface area contributed by atoms with Crippen LogP contribution >= 0.6 is 0 Å². The number of aromatic amines is 1. The van der Waals surface area contributed by atoms with Crippen LogP contribution in [-0.2, 0) is 11.2 Å². The van der Waals surface area contributed by atoms with Crippen molar-refractivity contribution in [3.8, 4) is 28.1 Å². The zero-order valence-electron chi connectivity index (χ0n) is 15.7. The fourth-order valence-corrected chi connectivity index (χ4v) is 3.62. The fourth-order valence-electron chi connectivity index (χ4n) is 3.62. The van der Waals surface area contributed by atoms with Crippen molar-refractivity contribution in [3.05, 3.63) is 78.1 Å². The molecule has 0 radical (unpaired) electrons. The molecule has 29 heavy (non-hydrogen) atoms. The number of hydrogen-bond acceptors (Lipinski definition) is 2. The monoisotopic (exact) mass is 389 g/mol. The topological polar surface area (TPSA) is 73.3 Å². The molecule has 3 N–H and O–H groups in total. The molecule has 0 spiro atoms. The Bertz CT molecular complexity index is 1160. The van der Waals surface area contributed by atoms with Gasteiger partial charge in [-0.1, -0.05) is 18.2 Å². The van der Waals surface area contributed by atoms with Gasteiger partial charge in [0.2, 0.25) is 0 Å². The van der Waals surface area contributed by atoms with E-state index in [-0.39, 0.29) is 18.0 Å². The molecule has 0 bridgehead atoms. The van der Waals surface area contributed by atoms with E-state index in [0.29, 0.717) is 12.8 Å². The highest BCUT2D eigenvalue weighted by molar-refractivity contribution is 5.93. The summed E-state index contributed by atoms with van der Waals surface area (Å²) in [6.07, 6.45) is 1.20. The molecular formula is C24H20FNO3. The number of fused-ring (bicyclic) bond motifs is 1. The molecule has 0 fully saturated rings. The first kappa shape index (κ1) is 18.7. The average Bonchev–Trinajstić information content (AvgIpc) is 3.07. The second-order valence-electron chi connectivity index (χ2n) is 7.04. The van der Waals surface area contributed by atoms with Crippen LogP contribution in [0.25, 0.3) is 33.3 Å². The largest absolute Gasteiger partial charge is 0.508 e. The maximum Gasteiger partial charge on any atom is 0.303 e. The van der Waals surface area contributed by atoms with Crippen LogP contribution in [0.15, 0.2) is 66.7 Å². The quantitative estimate of drug-likeness (QED) is 0.393. The van der Waals surface area contributed by atoms with Crippen molar-refractivity contribution in [2.45, 2.75) is 19.3 Å². The van der Waals surface area contributed by atoms with Gasteiger partial charge in [-0.2, -0.15) is 0 Å². The second-order valence-corrected chi connectivity index (χ2v) is 7.04. The number of carboxylic acid groups (broad SMARTS) is 1. The molecule has 0 amide bonds. The van der Waals surface area contributed by atoms with E-state index in [1.807, 2.05) is 24.3 Å². The molecule has 0 aliphatic heterocycles. The van der Waals surface area contributed by atoms with Gasteiger partial charge in [0.25, 0.3) is 0 Å². The molecule has 1 aromatic heterocycles. The van der Waals surface area contributed by atoms with Gasteiger partial charge in [0.1, 0.15) is 11.6 Å². The number of halogens is 1. The van der Waals surface area contributed by atoms with Crippen LogP contribution in [0, 0.1) is 5.82 Å². The molecule has 0 unspecified atom stereocenters. The van der Waals surface area contributed by atoms with Crippen molar-refractivity contribution in [1.29, 1.82) is 0 Å². The van der Waals surface area contributed by atoms with E-state index >= 15 is 0 Å². The third-order valence-electron chi connectivity index (χ3n) is 5.06. The number of aromatic nitrogens is 1. The van der Waals surface area contributed by atoms with E-state index < -0.39 is 5.97 Å². The van der Waals surface area contributed by atoms with Crippen LogP contribution in [0.1, 0.15) is 18.4 Å². The lowest BCUT2D eigenvalue weighted by molar-refractivity contribution is -0.137. The van der Waals surface area contributed by atoms with Gasteiger partial charge in [-0.05, 0) is 83.6 Å². The van der Waals surface area contributed by atoms with Gasteiger partial charge in [-0.3, -0.25) is 4.79 Å². The number of H-pyrrole nitrogens is 1. The first-order valence-corrected chi connectivity index (χ1v) is 9.43. The molecule has 5 heteroatoms. The van der Waals surface area contributed by atoms with Crippen LogP contribution in [-0.4, -0.2) is 21.2 Å². The molecule has 146 valence electrons. The number of aryl methyl sites for hydroxylation is 1. The maximum atomic E-state index is 13.4. The Morgan fingerprint density at radius 3 is 2.24 bits per heavy atom. The Hall–Kier alpha value is -3.60. The molecule has 0 saturated carbocycles. The summed E-state index contributed by atoms with van der Waals surface area (Å²) in [6.45, 7) is 0. The van der Waals surface area contributed by atoms with Gasteiger partial charge < -0.3 is 15.2 Å². The smallest absolute Gasteiger partial charge is 0.303 e. The third-order valence-corrected chi connectivity index (χ3v) is 5.06. The Morgan fingerprint density at radius 2 is 1.55 bits per heavy atom. The number of hydrogen-bond donors (Lipinski definition) is 3. The van der Waals surface area contributed by atoms with E-state index in [0.717, 1.165) is 38.9 Å². The standard InChI is InChI=1S/C24H20FNO3/c25-18-9-4-16(5-10-18)24-20(2-1-3-23(28)29)21-14-17(8-13-22(21)26-24)15-6-11-19(27)12-7-15/h4-14,26-27H,1-3H2,(H,28,29). The molecule has 0 saturated heterocycles. The van der Waals surface area contributed by atoms with E-state index in [2.05, 4.69) is 11.1 Å². The van der Waals surface area contributed by atoms with Crippen LogP contribution < -0.4 is 0 Å². The van der Waals surface area contributed by atoms with Crippen LogP contribution in [0.4, 0.5) is 4.39 Å². The summed E-state index contributed by atoms with van der Waals surface area (Å²) >= 11 is 0. The van der Waals surface area contributed by atoms with Crippen LogP contribution in [0.2, 0.25) is 0 Å². The van der Waals surface area contributed by atoms with Crippen molar-refractivity contribution in [2.75, 3.05) is 0 Å². The van der Waals surface area contributed by atoms with Gasteiger partial charge >= 0.3 is 5.97 Å². The SMILES string of the molecule is O=C(O)CCCc1c(-c2ccc(F)cc2)[nH]c2ccc(-c3ccc(O)cc3)cc12. The van der Waals surface area contributed by atoms with Gasteiger partial charge in [-0.25, -0.2) is 4.39 Å². The van der Waals surface area contributed by atoms with Gasteiger partial charge in [0.05, 0.1) is 0 Å². The Balaban J connectivity index is 1.82. The lowest BCUT2D eigenvalue weighted by atomic mass is 9.97. The van der Waals surface area contributed by atoms with E-state index in [1.54, 1.807) is 24.3 Å². The summed E-state index contributed by atoms with van der Waals surface area (Å²) < 4.78 is 13.4. The van der Waals surface area contributed by atoms with Crippen molar-refractivity contribution in [1.82, 2.24) is 4.98 Å². The highest BCUT2D eigenvalue weighted by atomic mass is 19.1. The van der Waals surface area contributed by atoms with E-state index in [4.69, 9.17) is 5.11 Å². The number of phenolic OH excluding ortho intramolecular Hbond substituents is 1.